The van der Waals surface area contributed by atoms with Crippen molar-refractivity contribution in [1.82, 2.24) is 4.57 Å². The minimum atomic E-state index is -0.438. The van der Waals surface area contributed by atoms with Crippen molar-refractivity contribution in [1.29, 1.82) is 0 Å². The molecule has 0 spiro atoms. The first-order valence-corrected chi connectivity index (χ1v) is 6.74. The van der Waals surface area contributed by atoms with Crippen molar-refractivity contribution in [2.75, 3.05) is 5.32 Å². The second-order valence-electron chi connectivity index (χ2n) is 4.37. The number of amides is 1. The van der Waals surface area contributed by atoms with E-state index < -0.39 is 5.91 Å². The predicted octanol–water partition coefficient (Wildman–Crippen LogP) is 1.93. The van der Waals surface area contributed by atoms with Gasteiger partial charge in [0.1, 0.15) is 4.99 Å². The minimum absolute atomic E-state index is 0.144. The van der Waals surface area contributed by atoms with Crippen molar-refractivity contribution in [3.05, 3.63) is 63.0 Å². The molecule has 0 bridgehead atoms. The highest BCUT2D eigenvalue weighted by Gasteiger charge is 2.12. The normalized spacial score (nSPS) is 10.2. The molecule has 2 aromatic rings. The molecule has 0 fully saturated rings. The second-order valence-corrected chi connectivity index (χ2v) is 5.25. The van der Waals surface area contributed by atoms with Gasteiger partial charge in [-0.3, -0.25) is 9.59 Å². The van der Waals surface area contributed by atoms with Crippen molar-refractivity contribution in [2.45, 2.75) is 0 Å². The highest BCUT2D eigenvalue weighted by atomic mass is 35.5. The van der Waals surface area contributed by atoms with Gasteiger partial charge in [0.2, 0.25) is 0 Å². The number of carbonyl (C=O) groups is 1. The van der Waals surface area contributed by atoms with Gasteiger partial charge in [-0.15, -0.1) is 0 Å². The third-order valence-corrected chi connectivity index (χ3v) is 3.32. The van der Waals surface area contributed by atoms with Crippen LogP contribution in [0.2, 0.25) is 5.02 Å². The van der Waals surface area contributed by atoms with Gasteiger partial charge in [0, 0.05) is 35.5 Å². The number of nitrogens with one attached hydrogen (secondary N) is 1. The van der Waals surface area contributed by atoms with Gasteiger partial charge in [-0.05, 0) is 24.3 Å². The Bertz CT molecular complexity index is 786. The number of thiocarbonyl (C=S) groups is 1. The smallest absolute Gasteiger partial charge is 0.255 e. The van der Waals surface area contributed by atoms with Gasteiger partial charge >= 0.3 is 0 Å². The standard InChI is InChI=1S/C14H12ClN3O2S/c1-18-5-4-8(6-12(18)19)14(20)17-11-7-9(15)2-3-10(11)13(16)21/h2-7H,1H3,(H2,16,21)(H,17,20). The molecule has 0 saturated heterocycles. The van der Waals surface area contributed by atoms with E-state index in [0.29, 0.717) is 16.3 Å². The maximum atomic E-state index is 12.2. The molecular formula is C14H12ClN3O2S. The summed E-state index contributed by atoms with van der Waals surface area (Å²) in [4.78, 5) is 23.9. The number of aryl methyl sites for hydroxylation is 1. The SMILES string of the molecule is Cn1ccc(C(=O)Nc2cc(Cl)ccc2C(N)=S)cc1=O. The van der Waals surface area contributed by atoms with E-state index in [2.05, 4.69) is 5.32 Å². The van der Waals surface area contributed by atoms with Gasteiger partial charge in [0.05, 0.1) is 5.69 Å². The second kappa shape index (κ2) is 6.07. The Labute approximate surface area is 131 Å². The van der Waals surface area contributed by atoms with Crippen LogP contribution in [0.1, 0.15) is 15.9 Å². The Morgan fingerprint density at radius 3 is 2.67 bits per heavy atom. The molecule has 2 rings (SSSR count). The van der Waals surface area contributed by atoms with Crippen LogP contribution in [-0.2, 0) is 7.05 Å². The van der Waals surface area contributed by atoms with E-state index in [1.807, 2.05) is 0 Å². The number of nitrogens with zero attached hydrogens (tertiary/aromatic N) is 1. The van der Waals surface area contributed by atoms with E-state index in [1.165, 1.54) is 16.8 Å². The Morgan fingerprint density at radius 1 is 1.33 bits per heavy atom. The lowest BCUT2D eigenvalue weighted by Gasteiger charge is -2.11. The number of anilines is 1. The van der Waals surface area contributed by atoms with E-state index in [9.17, 15) is 9.59 Å². The average Bonchev–Trinajstić information content (AvgIpc) is 2.41. The molecule has 0 aliphatic heterocycles. The van der Waals surface area contributed by atoms with Gasteiger partial charge in [0.15, 0.2) is 0 Å². The maximum absolute atomic E-state index is 12.2. The van der Waals surface area contributed by atoms with Crippen molar-refractivity contribution >= 4 is 40.4 Å². The van der Waals surface area contributed by atoms with Crippen molar-refractivity contribution in [2.24, 2.45) is 12.8 Å². The summed E-state index contributed by atoms with van der Waals surface area (Å²) in [5, 5.41) is 3.10. The Kier molecular flexibility index (Phi) is 4.40. The van der Waals surface area contributed by atoms with Crippen LogP contribution in [0.3, 0.4) is 0 Å². The first-order valence-electron chi connectivity index (χ1n) is 5.96. The molecule has 0 atom stereocenters. The van der Waals surface area contributed by atoms with E-state index in [-0.39, 0.29) is 16.1 Å². The summed E-state index contributed by atoms with van der Waals surface area (Å²) >= 11 is 10.8. The Balaban J connectivity index is 2.35. The zero-order chi connectivity index (χ0) is 15.6. The number of benzene rings is 1. The first kappa shape index (κ1) is 15.2. The van der Waals surface area contributed by atoms with Crippen LogP contribution >= 0.6 is 23.8 Å². The first-order chi connectivity index (χ1) is 9.88. The monoisotopic (exact) mass is 321 g/mol. The zero-order valence-corrected chi connectivity index (χ0v) is 12.7. The van der Waals surface area contributed by atoms with E-state index in [1.54, 1.807) is 31.3 Å². The van der Waals surface area contributed by atoms with Gasteiger partial charge < -0.3 is 15.6 Å². The average molecular weight is 322 g/mol. The van der Waals surface area contributed by atoms with Crippen LogP contribution in [0.25, 0.3) is 0 Å². The molecular weight excluding hydrogens is 310 g/mol. The molecule has 1 aromatic carbocycles. The minimum Gasteiger partial charge on any atom is -0.389 e. The maximum Gasteiger partial charge on any atom is 0.255 e. The zero-order valence-electron chi connectivity index (χ0n) is 11.1. The van der Waals surface area contributed by atoms with Gasteiger partial charge in [-0.2, -0.15) is 0 Å². The van der Waals surface area contributed by atoms with Crippen LogP contribution < -0.4 is 16.6 Å². The Morgan fingerprint density at radius 2 is 2.05 bits per heavy atom. The molecule has 1 heterocycles. The van der Waals surface area contributed by atoms with Gasteiger partial charge in [-0.1, -0.05) is 23.8 Å². The van der Waals surface area contributed by atoms with Gasteiger partial charge in [-0.25, -0.2) is 0 Å². The third-order valence-electron chi connectivity index (χ3n) is 2.86. The largest absolute Gasteiger partial charge is 0.389 e. The molecule has 1 amide bonds. The quantitative estimate of drug-likeness (QED) is 0.847. The summed E-state index contributed by atoms with van der Waals surface area (Å²) in [5.74, 6) is -0.438. The lowest BCUT2D eigenvalue weighted by atomic mass is 10.1. The summed E-state index contributed by atoms with van der Waals surface area (Å²) in [6.45, 7) is 0. The number of nitrogens with two attached hydrogens (primary N) is 1. The molecule has 5 nitrogen and oxygen atoms in total. The molecule has 1 aromatic heterocycles. The van der Waals surface area contributed by atoms with Gasteiger partial charge in [0.25, 0.3) is 11.5 Å². The lowest BCUT2D eigenvalue weighted by Crippen LogP contribution is -2.21. The molecule has 7 heteroatoms. The van der Waals surface area contributed by atoms with Crippen LogP contribution in [0.15, 0.2) is 41.3 Å². The molecule has 3 N–H and O–H groups in total. The van der Waals surface area contributed by atoms with Crippen molar-refractivity contribution in [3.63, 3.8) is 0 Å². The van der Waals surface area contributed by atoms with Crippen LogP contribution in [0.5, 0.6) is 0 Å². The fraction of sp³-hybridized carbons (Fsp3) is 0.0714. The van der Waals surface area contributed by atoms with Crippen LogP contribution in [0, 0.1) is 0 Å². The third kappa shape index (κ3) is 3.48. The number of hydrogen-bond donors (Lipinski definition) is 2. The highest BCUT2D eigenvalue weighted by Crippen LogP contribution is 2.21. The van der Waals surface area contributed by atoms with E-state index >= 15 is 0 Å². The number of carbonyl (C=O) groups excluding carboxylic acids is 1. The van der Waals surface area contributed by atoms with Crippen molar-refractivity contribution in [3.8, 4) is 0 Å². The number of aromatic nitrogens is 1. The Hall–Kier alpha value is -2.18. The van der Waals surface area contributed by atoms with E-state index in [4.69, 9.17) is 29.6 Å². The summed E-state index contributed by atoms with van der Waals surface area (Å²) in [6.07, 6.45) is 1.52. The summed E-state index contributed by atoms with van der Waals surface area (Å²) < 4.78 is 1.37. The number of rotatable bonds is 3. The highest BCUT2D eigenvalue weighted by molar-refractivity contribution is 7.80. The van der Waals surface area contributed by atoms with Crippen molar-refractivity contribution < 1.29 is 4.79 Å². The molecule has 21 heavy (non-hydrogen) atoms. The molecule has 0 radical (unpaired) electrons. The van der Waals surface area contributed by atoms with E-state index in [0.717, 1.165) is 0 Å². The molecule has 0 aliphatic carbocycles. The predicted molar refractivity (Wildman–Crippen MR) is 87.0 cm³/mol. The van der Waals surface area contributed by atoms with Crippen LogP contribution in [-0.4, -0.2) is 15.5 Å². The van der Waals surface area contributed by atoms with Crippen LogP contribution in [0.4, 0.5) is 5.69 Å². The fourth-order valence-electron chi connectivity index (χ4n) is 1.72. The number of halogens is 1. The number of hydrogen-bond acceptors (Lipinski definition) is 3. The fourth-order valence-corrected chi connectivity index (χ4v) is 2.07. The summed E-state index contributed by atoms with van der Waals surface area (Å²) in [7, 11) is 1.60. The number of pyridine rings is 1. The summed E-state index contributed by atoms with van der Waals surface area (Å²) in [5.41, 5.74) is 6.48. The molecule has 0 aliphatic rings. The topological polar surface area (TPSA) is 77.1 Å². The molecule has 0 saturated carbocycles. The molecule has 0 unspecified atom stereocenters. The molecule has 108 valence electrons. The summed E-state index contributed by atoms with van der Waals surface area (Å²) in [6, 6.07) is 7.60. The lowest BCUT2D eigenvalue weighted by molar-refractivity contribution is 0.102.